The summed E-state index contributed by atoms with van der Waals surface area (Å²) in [7, 11) is 1.75. The third-order valence-corrected chi connectivity index (χ3v) is 3.86. The Balaban J connectivity index is 1.88. The molecule has 24 heavy (non-hydrogen) atoms. The fourth-order valence-corrected chi connectivity index (χ4v) is 2.20. The van der Waals surface area contributed by atoms with E-state index in [0.29, 0.717) is 18.2 Å². The monoisotopic (exact) mass is 356 g/mol. The predicted octanol–water partition coefficient (Wildman–Crippen LogP) is 4.35. The molecule has 2 aromatic carbocycles. The molecule has 1 N–H and O–H groups in total. The van der Waals surface area contributed by atoms with Crippen LogP contribution in [0.15, 0.2) is 48.5 Å². The number of halogens is 4. The van der Waals surface area contributed by atoms with Gasteiger partial charge in [0.05, 0.1) is 5.56 Å². The van der Waals surface area contributed by atoms with Crippen molar-refractivity contribution in [3.8, 4) is 0 Å². The van der Waals surface area contributed by atoms with Gasteiger partial charge in [-0.05, 0) is 47.6 Å². The molecule has 0 fully saturated rings. The van der Waals surface area contributed by atoms with Crippen LogP contribution >= 0.6 is 12.2 Å². The number of hydrogen-bond acceptors (Lipinski definition) is 1. The fourth-order valence-electron chi connectivity index (χ4n) is 2.06. The molecule has 0 saturated heterocycles. The molecule has 0 bridgehead atoms. The van der Waals surface area contributed by atoms with E-state index in [2.05, 4.69) is 5.32 Å². The van der Waals surface area contributed by atoms with Crippen molar-refractivity contribution >= 4 is 17.3 Å². The second-order valence-corrected chi connectivity index (χ2v) is 5.72. The summed E-state index contributed by atoms with van der Waals surface area (Å²) in [6.45, 7) is 0.823. The Kier molecular flexibility index (Phi) is 5.77. The van der Waals surface area contributed by atoms with Crippen LogP contribution < -0.4 is 5.32 Å². The van der Waals surface area contributed by atoms with Crippen LogP contribution in [0.1, 0.15) is 16.7 Å². The summed E-state index contributed by atoms with van der Waals surface area (Å²) in [5.41, 5.74) is 0.920. The lowest BCUT2D eigenvalue weighted by Gasteiger charge is -2.21. The summed E-state index contributed by atoms with van der Waals surface area (Å²) in [5.74, 6) is -0.305. The van der Waals surface area contributed by atoms with Gasteiger partial charge in [0.25, 0.3) is 0 Å². The van der Waals surface area contributed by atoms with Crippen LogP contribution in [-0.2, 0) is 19.3 Å². The predicted molar refractivity (Wildman–Crippen MR) is 88.7 cm³/mol. The number of alkyl halides is 3. The van der Waals surface area contributed by atoms with Crippen LogP contribution in [0.2, 0.25) is 0 Å². The summed E-state index contributed by atoms with van der Waals surface area (Å²) in [6.07, 6.45) is -4.34. The van der Waals surface area contributed by atoms with Crippen molar-refractivity contribution in [3.05, 3.63) is 71.0 Å². The quantitative estimate of drug-likeness (QED) is 0.648. The average molecular weight is 356 g/mol. The van der Waals surface area contributed by atoms with Crippen molar-refractivity contribution in [2.45, 2.75) is 19.3 Å². The van der Waals surface area contributed by atoms with Gasteiger partial charge in [-0.25, -0.2) is 4.39 Å². The maximum absolute atomic E-state index is 12.8. The molecule has 0 heterocycles. The van der Waals surface area contributed by atoms with E-state index in [4.69, 9.17) is 12.2 Å². The molecule has 2 rings (SSSR count). The van der Waals surface area contributed by atoms with Crippen molar-refractivity contribution in [2.24, 2.45) is 0 Å². The van der Waals surface area contributed by atoms with Gasteiger partial charge in [-0.15, -0.1) is 0 Å². The Bertz CT molecular complexity index is 681. The van der Waals surface area contributed by atoms with Crippen LogP contribution in [-0.4, -0.2) is 17.1 Å². The molecule has 0 unspecified atom stereocenters. The zero-order valence-corrected chi connectivity index (χ0v) is 13.7. The van der Waals surface area contributed by atoms with E-state index in [9.17, 15) is 17.6 Å². The van der Waals surface area contributed by atoms with E-state index in [1.165, 1.54) is 24.3 Å². The van der Waals surface area contributed by atoms with E-state index in [1.54, 1.807) is 24.1 Å². The Hall–Kier alpha value is -2.15. The highest BCUT2D eigenvalue weighted by atomic mass is 32.1. The average Bonchev–Trinajstić information content (AvgIpc) is 2.53. The number of thiocarbonyl (C=S) groups is 1. The highest BCUT2D eigenvalue weighted by Gasteiger charge is 2.29. The number of benzene rings is 2. The van der Waals surface area contributed by atoms with Crippen LogP contribution in [0.3, 0.4) is 0 Å². The molecule has 0 atom stereocenters. The molecule has 0 aromatic heterocycles. The van der Waals surface area contributed by atoms with Crippen molar-refractivity contribution in [2.75, 3.05) is 7.05 Å². The Morgan fingerprint density at radius 2 is 1.54 bits per heavy atom. The Morgan fingerprint density at radius 1 is 1.00 bits per heavy atom. The topological polar surface area (TPSA) is 15.3 Å². The molecule has 0 saturated carbocycles. The number of nitrogens with one attached hydrogen (secondary N) is 1. The number of nitrogens with zero attached hydrogens (tertiary/aromatic N) is 1. The first kappa shape index (κ1) is 18.2. The van der Waals surface area contributed by atoms with Crippen LogP contribution in [0.5, 0.6) is 0 Å². The van der Waals surface area contributed by atoms with Gasteiger partial charge in [0, 0.05) is 20.1 Å². The zero-order valence-electron chi connectivity index (χ0n) is 12.9. The molecular formula is C17H16F4N2S. The molecular weight excluding hydrogens is 340 g/mol. The summed E-state index contributed by atoms with van der Waals surface area (Å²) >= 11 is 5.25. The van der Waals surface area contributed by atoms with E-state index >= 15 is 0 Å². The Labute approximate surface area is 143 Å². The van der Waals surface area contributed by atoms with Gasteiger partial charge in [-0.2, -0.15) is 13.2 Å². The lowest BCUT2D eigenvalue weighted by molar-refractivity contribution is -0.137. The molecule has 0 spiro atoms. The summed E-state index contributed by atoms with van der Waals surface area (Å²) in [6, 6.07) is 11.0. The van der Waals surface area contributed by atoms with Gasteiger partial charge < -0.3 is 10.2 Å². The smallest absolute Gasteiger partial charge is 0.358 e. The molecule has 128 valence electrons. The minimum Gasteiger partial charge on any atom is -0.358 e. The lowest BCUT2D eigenvalue weighted by Crippen LogP contribution is -2.36. The number of rotatable bonds is 4. The second kappa shape index (κ2) is 7.61. The van der Waals surface area contributed by atoms with E-state index < -0.39 is 11.7 Å². The molecule has 0 radical (unpaired) electrons. The van der Waals surface area contributed by atoms with Crippen LogP contribution in [0.25, 0.3) is 0 Å². The van der Waals surface area contributed by atoms with E-state index in [1.807, 2.05) is 0 Å². The molecule has 0 aliphatic heterocycles. The Morgan fingerprint density at radius 3 is 2.08 bits per heavy atom. The van der Waals surface area contributed by atoms with Gasteiger partial charge in [0.1, 0.15) is 5.82 Å². The number of hydrogen-bond donors (Lipinski definition) is 1. The minimum atomic E-state index is -4.34. The van der Waals surface area contributed by atoms with Gasteiger partial charge in [0.15, 0.2) is 5.11 Å². The van der Waals surface area contributed by atoms with Crippen LogP contribution in [0, 0.1) is 5.82 Å². The van der Waals surface area contributed by atoms with Crippen LogP contribution in [0.4, 0.5) is 17.6 Å². The standard InChI is InChI=1S/C17H16F4N2S/c1-23(11-13-2-6-14(7-3-13)17(19,20)21)16(24)22-10-12-4-8-15(18)9-5-12/h2-9H,10-11H2,1H3,(H,22,24). The summed E-state index contributed by atoms with van der Waals surface area (Å²) in [5, 5.41) is 3.49. The molecule has 2 aromatic rings. The van der Waals surface area contributed by atoms with Crippen molar-refractivity contribution < 1.29 is 17.6 Å². The maximum Gasteiger partial charge on any atom is 0.416 e. The van der Waals surface area contributed by atoms with E-state index in [0.717, 1.165) is 23.3 Å². The lowest BCUT2D eigenvalue weighted by atomic mass is 10.1. The van der Waals surface area contributed by atoms with Gasteiger partial charge in [0.2, 0.25) is 0 Å². The highest BCUT2D eigenvalue weighted by molar-refractivity contribution is 7.80. The third-order valence-electron chi connectivity index (χ3n) is 3.40. The highest BCUT2D eigenvalue weighted by Crippen LogP contribution is 2.29. The zero-order chi connectivity index (χ0) is 17.7. The summed E-state index contributed by atoms with van der Waals surface area (Å²) in [4.78, 5) is 1.72. The minimum absolute atomic E-state index is 0.305. The first-order valence-corrected chi connectivity index (χ1v) is 7.56. The summed E-state index contributed by atoms with van der Waals surface area (Å²) < 4.78 is 50.4. The molecule has 7 heteroatoms. The van der Waals surface area contributed by atoms with Gasteiger partial charge >= 0.3 is 6.18 Å². The van der Waals surface area contributed by atoms with Crippen molar-refractivity contribution in [3.63, 3.8) is 0 Å². The van der Waals surface area contributed by atoms with Crippen molar-refractivity contribution in [1.29, 1.82) is 0 Å². The maximum atomic E-state index is 12.8. The van der Waals surface area contributed by atoms with Gasteiger partial charge in [-0.3, -0.25) is 0 Å². The normalized spacial score (nSPS) is 11.2. The molecule has 0 aliphatic carbocycles. The SMILES string of the molecule is CN(Cc1ccc(C(F)(F)F)cc1)C(=S)NCc1ccc(F)cc1. The van der Waals surface area contributed by atoms with Crippen molar-refractivity contribution in [1.82, 2.24) is 10.2 Å². The molecule has 0 aliphatic rings. The fraction of sp³-hybridized carbons (Fsp3) is 0.235. The largest absolute Gasteiger partial charge is 0.416 e. The van der Waals surface area contributed by atoms with E-state index in [-0.39, 0.29) is 5.82 Å². The second-order valence-electron chi connectivity index (χ2n) is 5.34. The first-order valence-electron chi connectivity index (χ1n) is 7.15. The third kappa shape index (κ3) is 5.19. The first-order chi connectivity index (χ1) is 11.3. The van der Waals surface area contributed by atoms with Gasteiger partial charge in [-0.1, -0.05) is 24.3 Å². The molecule has 2 nitrogen and oxygen atoms in total. The molecule has 0 amide bonds.